The zero-order chi connectivity index (χ0) is 12.1. The van der Waals surface area contributed by atoms with Crippen LogP contribution in [0.3, 0.4) is 0 Å². The first kappa shape index (κ1) is 15.9. The van der Waals surface area contributed by atoms with Gasteiger partial charge >= 0.3 is 0 Å². The maximum Gasteiger partial charge on any atom is 0.0844 e. The molecule has 0 aromatic rings. The maximum absolute atomic E-state index is 9.78. The quantitative estimate of drug-likeness (QED) is 0.562. The topological polar surface area (TPSA) is 40.5 Å². The number of halogens is 3. The third-order valence-corrected chi connectivity index (χ3v) is 4.78. The van der Waals surface area contributed by atoms with Crippen molar-refractivity contribution in [3.8, 4) is 0 Å². The van der Waals surface area contributed by atoms with Crippen LogP contribution in [0.4, 0.5) is 0 Å². The van der Waals surface area contributed by atoms with Gasteiger partial charge in [0, 0.05) is 10.7 Å². The van der Waals surface area contributed by atoms with Crippen LogP contribution < -0.4 is 0 Å². The molecule has 0 rings (SSSR count). The third kappa shape index (κ3) is 5.68. The van der Waals surface area contributed by atoms with E-state index in [2.05, 4.69) is 31.9 Å². The van der Waals surface area contributed by atoms with E-state index >= 15 is 0 Å². The van der Waals surface area contributed by atoms with Crippen molar-refractivity contribution in [2.45, 2.75) is 37.4 Å². The van der Waals surface area contributed by atoms with Crippen molar-refractivity contribution < 1.29 is 10.2 Å². The molecule has 0 fully saturated rings. The normalized spacial score (nSPS) is 20.9. The molecule has 0 amide bonds. The van der Waals surface area contributed by atoms with Crippen molar-refractivity contribution in [1.82, 2.24) is 0 Å². The Morgan fingerprint density at radius 2 is 2.00 bits per heavy atom. The lowest BCUT2D eigenvalue weighted by Crippen LogP contribution is -2.35. The fraction of sp³-hybridized carbons (Fsp3) is 0.800. The van der Waals surface area contributed by atoms with Gasteiger partial charge in [0.2, 0.25) is 0 Å². The van der Waals surface area contributed by atoms with Crippen LogP contribution in [0, 0.1) is 0 Å². The van der Waals surface area contributed by atoms with E-state index < -0.39 is 17.1 Å². The molecule has 0 saturated carbocycles. The van der Waals surface area contributed by atoms with E-state index in [-0.39, 0.29) is 0 Å². The highest BCUT2D eigenvalue weighted by Gasteiger charge is 2.28. The first-order valence-electron chi connectivity index (χ1n) is 4.68. The van der Waals surface area contributed by atoms with Gasteiger partial charge in [-0.15, -0.1) is 11.6 Å². The summed E-state index contributed by atoms with van der Waals surface area (Å²) < 4.78 is 0. The summed E-state index contributed by atoms with van der Waals surface area (Å²) in [6, 6.07) is 0. The molecule has 0 aromatic heterocycles. The first-order valence-corrected chi connectivity index (χ1v) is 7.31. The lowest BCUT2D eigenvalue weighted by Gasteiger charge is -2.25. The number of rotatable bonds is 6. The molecule has 0 saturated heterocycles. The van der Waals surface area contributed by atoms with Gasteiger partial charge in [0.1, 0.15) is 0 Å². The second-order valence-electron chi connectivity index (χ2n) is 3.78. The first-order chi connectivity index (χ1) is 6.85. The smallest absolute Gasteiger partial charge is 0.0844 e. The van der Waals surface area contributed by atoms with Gasteiger partial charge in [-0.3, -0.25) is 0 Å². The monoisotopic (exact) mass is 362 g/mol. The fourth-order valence-corrected chi connectivity index (χ4v) is 1.86. The van der Waals surface area contributed by atoms with Crippen molar-refractivity contribution >= 4 is 43.5 Å². The Labute approximate surface area is 113 Å². The molecule has 0 aliphatic rings. The van der Waals surface area contributed by atoms with E-state index in [0.29, 0.717) is 17.1 Å². The SMILES string of the molecule is C/C(=C\C[C@@H](O)C(C)(Cl)CBr)[C@@H](O)CBr. The average Bonchev–Trinajstić information content (AvgIpc) is 2.23. The number of hydrogen-bond acceptors (Lipinski definition) is 2. The number of alkyl halides is 3. The van der Waals surface area contributed by atoms with Crippen LogP contribution in [0.5, 0.6) is 0 Å². The summed E-state index contributed by atoms with van der Waals surface area (Å²) in [4.78, 5) is -0.671. The van der Waals surface area contributed by atoms with Gasteiger partial charge in [-0.25, -0.2) is 0 Å². The van der Waals surface area contributed by atoms with Crippen molar-refractivity contribution in [2.24, 2.45) is 0 Å². The van der Waals surface area contributed by atoms with E-state index in [9.17, 15) is 10.2 Å². The lowest BCUT2D eigenvalue weighted by molar-refractivity contribution is 0.143. The molecule has 0 spiro atoms. The molecule has 1 unspecified atom stereocenters. The average molecular weight is 365 g/mol. The van der Waals surface area contributed by atoms with Crippen molar-refractivity contribution in [1.29, 1.82) is 0 Å². The van der Waals surface area contributed by atoms with E-state index in [1.807, 2.05) is 13.0 Å². The third-order valence-electron chi connectivity index (χ3n) is 2.29. The number of aliphatic hydroxyl groups excluding tert-OH is 2. The van der Waals surface area contributed by atoms with Crippen LogP contribution in [0.15, 0.2) is 11.6 Å². The largest absolute Gasteiger partial charge is 0.391 e. The predicted octanol–water partition coefficient (Wildman–Crippen LogP) is 2.83. The molecule has 0 aliphatic carbocycles. The summed E-state index contributed by atoms with van der Waals surface area (Å²) in [5.74, 6) is 0. The van der Waals surface area contributed by atoms with E-state index in [0.717, 1.165) is 5.57 Å². The predicted molar refractivity (Wildman–Crippen MR) is 72.2 cm³/mol. The fourth-order valence-electron chi connectivity index (χ4n) is 0.890. The Morgan fingerprint density at radius 3 is 2.40 bits per heavy atom. The Hall–Kier alpha value is 0.910. The molecule has 0 heterocycles. The molecule has 90 valence electrons. The van der Waals surface area contributed by atoms with Crippen LogP contribution in [0.2, 0.25) is 0 Å². The summed E-state index contributed by atoms with van der Waals surface area (Å²) in [7, 11) is 0. The Morgan fingerprint density at radius 1 is 1.47 bits per heavy atom. The highest BCUT2D eigenvalue weighted by molar-refractivity contribution is 9.09. The van der Waals surface area contributed by atoms with Crippen molar-refractivity contribution in [3.05, 3.63) is 11.6 Å². The molecule has 2 nitrogen and oxygen atoms in total. The van der Waals surface area contributed by atoms with Crippen LogP contribution in [0.1, 0.15) is 20.3 Å². The molecular weight excluding hydrogens is 347 g/mol. The summed E-state index contributed by atoms with van der Waals surface area (Å²) in [6.07, 6.45) is 1.14. The molecule has 2 N–H and O–H groups in total. The molecule has 3 atom stereocenters. The van der Waals surface area contributed by atoms with Crippen LogP contribution in [-0.4, -0.2) is 38.0 Å². The minimum Gasteiger partial charge on any atom is -0.391 e. The Bertz CT molecular complexity index is 219. The molecule has 0 bridgehead atoms. The van der Waals surface area contributed by atoms with Crippen LogP contribution in [-0.2, 0) is 0 Å². The number of hydrogen-bond donors (Lipinski definition) is 2. The Balaban J connectivity index is 4.26. The Kier molecular flexibility index (Phi) is 7.72. The minimum absolute atomic E-state index is 0.446. The molecule has 15 heavy (non-hydrogen) atoms. The van der Waals surface area contributed by atoms with Gasteiger partial charge in [-0.2, -0.15) is 0 Å². The van der Waals surface area contributed by atoms with Gasteiger partial charge in [-0.05, 0) is 25.8 Å². The zero-order valence-corrected chi connectivity index (χ0v) is 12.8. The number of aliphatic hydroxyl groups is 2. The molecule has 0 aliphatic heterocycles. The van der Waals surface area contributed by atoms with Gasteiger partial charge in [0.05, 0.1) is 17.1 Å². The molecule has 0 radical (unpaired) electrons. The summed E-state index contributed by atoms with van der Waals surface area (Å²) in [6.45, 7) is 3.61. The maximum atomic E-state index is 9.78. The summed E-state index contributed by atoms with van der Waals surface area (Å²) >= 11 is 12.5. The molecule has 0 aromatic carbocycles. The second kappa shape index (κ2) is 7.28. The van der Waals surface area contributed by atoms with Gasteiger partial charge in [0.25, 0.3) is 0 Å². The van der Waals surface area contributed by atoms with Gasteiger partial charge < -0.3 is 10.2 Å². The van der Waals surface area contributed by atoms with E-state index in [4.69, 9.17) is 11.6 Å². The van der Waals surface area contributed by atoms with Crippen molar-refractivity contribution in [2.75, 3.05) is 10.7 Å². The highest BCUT2D eigenvalue weighted by atomic mass is 79.9. The van der Waals surface area contributed by atoms with Gasteiger partial charge in [0.15, 0.2) is 0 Å². The summed E-state index contributed by atoms with van der Waals surface area (Å²) in [5.41, 5.74) is 0.841. The molecule has 5 heteroatoms. The molecular formula is C10H17Br2ClO2. The zero-order valence-electron chi connectivity index (χ0n) is 8.88. The lowest BCUT2D eigenvalue weighted by atomic mass is 10.0. The minimum atomic E-state index is -0.671. The van der Waals surface area contributed by atoms with Crippen LogP contribution >= 0.6 is 43.5 Å². The summed E-state index contributed by atoms with van der Waals surface area (Å²) in [5, 5.41) is 20.3. The highest BCUT2D eigenvalue weighted by Crippen LogP contribution is 2.24. The van der Waals surface area contributed by atoms with Crippen molar-refractivity contribution in [3.63, 3.8) is 0 Å². The second-order valence-corrected chi connectivity index (χ2v) is 5.85. The standard InChI is InChI=1S/C10H17Br2ClO2/c1-7(8(14)5-11)3-4-9(15)10(2,13)6-12/h3,8-9,14-15H,4-6H2,1-2H3/b7-3+/t8-,9+,10?/m0/s1. The van der Waals surface area contributed by atoms with E-state index in [1.165, 1.54) is 0 Å². The van der Waals surface area contributed by atoms with E-state index in [1.54, 1.807) is 6.92 Å². The van der Waals surface area contributed by atoms with Gasteiger partial charge in [-0.1, -0.05) is 37.9 Å². The van der Waals surface area contributed by atoms with Crippen LogP contribution in [0.25, 0.3) is 0 Å².